The zero-order chi connectivity index (χ0) is 12.0. The molecule has 0 heterocycles. The lowest BCUT2D eigenvalue weighted by Gasteiger charge is -2.12. The van der Waals surface area contributed by atoms with Gasteiger partial charge in [0.05, 0.1) is 0 Å². The maximum absolute atomic E-state index is 13.3. The summed E-state index contributed by atoms with van der Waals surface area (Å²) < 4.78 is 26.2. The molecule has 0 bridgehead atoms. The zero-order valence-corrected chi connectivity index (χ0v) is 9.89. The van der Waals surface area contributed by atoms with Gasteiger partial charge in [0.25, 0.3) is 0 Å². The van der Waals surface area contributed by atoms with Gasteiger partial charge in [0.1, 0.15) is 0 Å². The molecule has 1 unspecified atom stereocenters. The standard InChI is InChI=1S/C13H19F2N/c1-3-5-10(2)16-9-8-11-6-4-7-12(14)13(11)15/h4,6-7,10,16H,3,5,8-9H2,1-2H3. The Morgan fingerprint density at radius 3 is 2.75 bits per heavy atom. The van der Waals surface area contributed by atoms with E-state index in [0.717, 1.165) is 18.9 Å². The Kier molecular flexibility index (Phi) is 5.39. The van der Waals surface area contributed by atoms with Crippen LogP contribution >= 0.6 is 0 Å². The zero-order valence-electron chi connectivity index (χ0n) is 9.89. The SMILES string of the molecule is CCCC(C)NCCc1cccc(F)c1F. The Morgan fingerprint density at radius 2 is 2.06 bits per heavy atom. The molecule has 3 heteroatoms. The van der Waals surface area contributed by atoms with E-state index in [1.165, 1.54) is 0 Å². The molecule has 1 nitrogen and oxygen atoms in total. The van der Waals surface area contributed by atoms with Crippen LogP contribution < -0.4 is 5.32 Å². The molecule has 1 aromatic carbocycles. The monoisotopic (exact) mass is 227 g/mol. The highest BCUT2D eigenvalue weighted by molar-refractivity contribution is 5.19. The minimum absolute atomic E-state index is 0.432. The number of nitrogens with one attached hydrogen (secondary N) is 1. The third-order valence-electron chi connectivity index (χ3n) is 2.64. The van der Waals surface area contributed by atoms with Gasteiger partial charge in [-0.3, -0.25) is 0 Å². The van der Waals surface area contributed by atoms with Crippen LogP contribution in [0.1, 0.15) is 32.3 Å². The molecule has 1 rings (SSSR count). The Hall–Kier alpha value is -0.960. The Balaban J connectivity index is 2.40. The Morgan fingerprint density at radius 1 is 1.31 bits per heavy atom. The molecule has 0 radical (unpaired) electrons. The van der Waals surface area contributed by atoms with E-state index in [2.05, 4.69) is 19.2 Å². The van der Waals surface area contributed by atoms with Gasteiger partial charge >= 0.3 is 0 Å². The predicted molar refractivity (Wildman–Crippen MR) is 62.4 cm³/mol. The van der Waals surface area contributed by atoms with Crippen molar-refractivity contribution in [1.29, 1.82) is 0 Å². The lowest BCUT2D eigenvalue weighted by atomic mass is 10.1. The van der Waals surface area contributed by atoms with Crippen LogP contribution in [0.3, 0.4) is 0 Å². The third kappa shape index (κ3) is 3.89. The fourth-order valence-electron chi connectivity index (χ4n) is 1.73. The van der Waals surface area contributed by atoms with Gasteiger partial charge in [-0.2, -0.15) is 0 Å². The van der Waals surface area contributed by atoms with Crippen molar-refractivity contribution in [3.8, 4) is 0 Å². The summed E-state index contributed by atoms with van der Waals surface area (Å²) in [5.41, 5.74) is 0.441. The summed E-state index contributed by atoms with van der Waals surface area (Å²) in [6, 6.07) is 4.75. The van der Waals surface area contributed by atoms with Gasteiger partial charge in [-0.15, -0.1) is 0 Å². The maximum atomic E-state index is 13.3. The first kappa shape index (κ1) is 13.1. The van der Waals surface area contributed by atoms with Gasteiger partial charge in [-0.25, -0.2) is 8.78 Å². The molecule has 0 aliphatic carbocycles. The van der Waals surface area contributed by atoms with Crippen molar-refractivity contribution in [2.24, 2.45) is 0 Å². The topological polar surface area (TPSA) is 12.0 Å². The molecule has 0 saturated carbocycles. The van der Waals surface area contributed by atoms with Crippen molar-refractivity contribution in [3.05, 3.63) is 35.4 Å². The van der Waals surface area contributed by atoms with Crippen LogP contribution in [0.25, 0.3) is 0 Å². The third-order valence-corrected chi connectivity index (χ3v) is 2.64. The summed E-state index contributed by atoms with van der Waals surface area (Å²) in [6.07, 6.45) is 2.76. The van der Waals surface area contributed by atoms with Crippen molar-refractivity contribution in [1.82, 2.24) is 5.32 Å². The van der Waals surface area contributed by atoms with Crippen molar-refractivity contribution in [3.63, 3.8) is 0 Å². The quantitative estimate of drug-likeness (QED) is 0.786. The van der Waals surface area contributed by atoms with E-state index in [-0.39, 0.29) is 0 Å². The Labute approximate surface area is 95.9 Å². The number of hydrogen-bond donors (Lipinski definition) is 1. The molecule has 0 aromatic heterocycles. The predicted octanol–water partition coefficient (Wildman–Crippen LogP) is 3.29. The van der Waals surface area contributed by atoms with E-state index >= 15 is 0 Å². The van der Waals surface area contributed by atoms with Gasteiger partial charge in [-0.1, -0.05) is 25.5 Å². The fourth-order valence-corrected chi connectivity index (χ4v) is 1.73. The van der Waals surface area contributed by atoms with E-state index in [0.29, 0.717) is 24.6 Å². The van der Waals surface area contributed by atoms with Crippen LogP contribution in [0, 0.1) is 11.6 Å². The summed E-state index contributed by atoms with van der Waals surface area (Å²) in [5, 5.41) is 3.29. The van der Waals surface area contributed by atoms with Crippen molar-refractivity contribution >= 4 is 0 Å². The highest BCUT2D eigenvalue weighted by Gasteiger charge is 2.07. The maximum Gasteiger partial charge on any atom is 0.162 e. The molecule has 90 valence electrons. The van der Waals surface area contributed by atoms with Crippen LogP contribution in [0.5, 0.6) is 0 Å². The minimum atomic E-state index is -0.765. The van der Waals surface area contributed by atoms with Crippen LogP contribution in [-0.4, -0.2) is 12.6 Å². The fraction of sp³-hybridized carbons (Fsp3) is 0.538. The molecule has 1 N–H and O–H groups in total. The highest BCUT2D eigenvalue weighted by Crippen LogP contribution is 2.11. The van der Waals surface area contributed by atoms with E-state index < -0.39 is 11.6 Å². The van der Waals surface area contributed by atoms with Crippen molar-refractivity contribution < 1.29 is 8.78 Å². The molecule has 0 aliphatic heterocycles. The van der Waals surface area contributed by atoms with E-state index in [4.69, 9.17) is 0 Å². The summed E-state index contributed by atoms with van der Waals surface area (Å²) in [6.45, 7) is 4.91. The highest BCUT2D eigenvalue weighted by atomic mass is 19.2. The first-order chi connectivity index (χ1) is 7.65. The van der Waals surface area contributed by atoms with Crippen LogP contribution in [0.2, 0.25) is 0 Å². The number of halogens is 2. The first-order valence-corrected chi connectivity index (χ1v) is 5.81. The minimum Gasteiger partial charge on any atom is -0.314 e. The molecule has 1 atom stereocenters. The second kappa shape index (κ2) is 6.59. The second-order valence-corrected chi connectivity index (χ2v) is 4.11. The number of hydrogen-bond acceptors (Lipinski definition) is 1. The average molecular weight is 227 g/mol. The van der Waals surface area contributed by atoms with Crippen LogP contribution in [0.4, 0.5) is 8.78 Å². The number of benzene rings is 1. The van der Waals surface area contributed by atoms with E-state index in [1.54, 1.807) is 12.1 Å². The van der Waals surface area contributed by atoms with Gasteiger partial charge in [0.15, 0.2) is 11.6 Å². The summed E-state index contributed by atoms with van der Waals surface area (Å²) in [4.78, 5) is 0. The van der Waals surface area contributed by atoms with Gasteiger partial charge in [0, 0.05) is 6.04 Å². The molecule has 0 aliphatic rings. The van der Waals surface area contributed by atoms with Gasteiger partial charge < -0.3 is 5.32 Å². The van der Waals surface area contributed by atoms with Crippen molar-refractivity contribution in [2.45, 2.75) is 39.2 Å². The summed E-state index contributed by atoms with van der Waals surface area (Å²) in [7, 11) is 0. The largest absolute Gasteiger partial charge is 0.314 e. The van der Waals surface area contributed by atoms with Gasteiger partial charge in [0.2, 0.25) is 0 Å². The molecular formula is C13H19F2N. The van der Waals surface area contributed by atoms with Gasteiger partial charge in [-0.05, 0) is 37.9 Å². The van der Waals surface area contributed by atoms with Crippen molar-refractivity contribution in [2.75, 3.05) is 6.54 Å². The lowest BCUT2D eigenvalue weighted by molar-refractivity contribution is 0.484. The lowest BCUT2D eigenvalue weighted by Crippen LogP contribution is -2.28. The molecule has 16 heavy (non-hydrogen) atoms. The van der Waals surface area contributed by atoms with E-state index in [9.17, 15) is 8.78 Å². The van der Waals surface area contributed by atoms with E-state index in [1.807, 2.05) is 0 Å². The molecule has 0 fully saturated rings. The van der Waals surface area contributed by atoms with Crippen LogP contribution in [-0.2, 0) is 6.42 Å². The smallest absolute Gasteiger partial charge is 0.162 e. The van der Waals surface area contributed by atoms with Crippen LogP contribution in [0.15, 0.2) is 18.2 Å². The molecule has 0 amide bonds. The second-order valence-electron chi connectivity index (χ2n) is 4.11. The average Bonchev–Trinajstić information content (AvgIpc) is 2.25. The normalized spacial score (nSPS) is 12.8. The Bertz CT molecular complexity index is 326. The molecular weight excluding hydrogens is 208 g/mol. The molecule has 0 saturated heterocycles. The summed E-state index contributed by atoms with van der Waals surface area (Å²) >= 11 is 0. The number of rotatable bonds is 6. The first-order valence-electron chi connectivity index (χ1n) is 5.81. The molecule has 0 spiro atoms. The molecule has 1 aromatic rings. The summed E-state index contributed by atoms with van der Waals surface area (Å²) in [5.74, 6) is -1.48.